The van der Waals surface area contributed by atoms with E-state index in [9.17, 15) is 0 Å². The molecule has 0 aliphatic rings. The molecule has 3 nitrogen and oxygen atoms in total. The Balaban J connectivity index is 2.53. The van der Waals surface area contributed by atoms with E-state index in [-0.39, 0.29) is 0 Å². The van der Waals surface area contributed by atoms with Crippen LogP contribution in [-0.2, 0) is 6.54 Å². The van der Waals surface area contributed by atoms with E-state index in [4.69, 9.17) is 0 Å². The van der Waals surface area contributed by atoms with Crippen LogP contribution in [0.5, 0.6) is 0 Å². The maximum atomic E-state index is 4.20. The molecule has 0 amide bonds. The molecule has 0 saturated carbocycles. The molecule has 0 unspecified atom stereocenters. The van der Waals surface area contributed by atoms with Gasteiger partial charge in [-0.15, -0.1) is 0 Å². The summed E-state index contributed by atoms with van der Waals surface area (Å²) in [4.78, 5) is 0. The normalized spacial score (nSPS) is 13.3. The lowest BCUT2D eigenvalue weighted by molar-refractivity contribution is 0.560. The van der Waals surface area contributed by atoms with Gasteiger partial charge in [-0.2, -0.15) is 5.10 Å². The van der Waals surface area contributed by atoms with E-state index in [0.29, 0.717) is 12.0 Å². The fraction of sp³-hybridized carbons (Fsp3) is 0.700. The van der Waals surface area contributed by atoms with E-state index < -0.39 is 0 Å². The Bertz CT molecular complexity index is 252. The fourth-order valence-electron chi connectivity index (χ4n) is 1.04. The molecular weight excluding hydrogens is 162 g/mol. The summed E-state index contributed by atoms with van der Waals surface area (Å²) in [5.74, 6) is 0.643. The molecule has 0 fully saturated rings. The average molecular weight is 181 g/mol. The zero-order chi connectivity index (χ0) is 9.84. The van der Waals surface area contributed by atoms with Gasteiger partial charge in [-0.25, -0.2) is 0 Å². The Morgan fingerprint density at radius 1 is 1.46 bits per heavy atom. The SMILES string of the molecule is CCn1cc(N[C@@H](C)C(C)C)cn1. The zero-order valence-corrected chi connectivity index (χ0v) is 8.91. The minimum atomic E-state index is 0.495. The Morgan fingerprint density at radius 2 is 2.15 bits per heavy atom. The second-order valence-electron chi connectivity index (χ2n) is 3.76. The second-order valence-corrected chi connectivity index (χ2v) is 3.76. The third-order valence-electron chi connectivity index (χ3n) is 2.35. The van der Waals surface area contributed by atoms with Crippen molar-refractivity contribution >= 4 is 5.69 Å². The van der Waals surface area contributed by atoms with Gasteiger partial charge in [0.2, 0.25) is 0 Å². The van der Waals surface area contributed by atoms with Crippen LogP contribution in [0.2, 0.25) is 0 Å². The van der Waals surface area contributed by atoms with Gasteiger partial charge in [0.1, 0.15) is 0 Å². The Morgan fingerprint density at radius 3 is 2.62 bits per heavy atom. The van der Waals surface area contributed by atoms with Crippen LogP contribution in [0.25, 0.3) is 0 Å². The quantitative estimate of drug-likeness (QED) is 0.772. The van der Waals surface area contributed by atoms with Crippen LogP contribution in [0.4, 0.5) is 5.69 Å². The molecule has 0 saturated heterocycles. The molecule has 0 radical (unpaired) electrons. The number of hydrogen-bond donors (Lipinski definition) is 1. The van der Waals surface area contributed by atoms with Gasteiger partial charge >= 0.3 is 0 Å². The maximum Gasteiger partial charge on any atom is 0.0728 e. The number of nitrogens with zero attached hydrogens (tertiary/aromatic N) is 2. The van der Waals surface area contributed by atoms with E-state index in [1.807, 2.05) is 17.1 Å². The Hall–Kier alpha value is -0.990. The molecule has 1 atom stereocenters. The van der Waals surface area contributed by atoms with Gasteiger partial charge in [-0.1, -0.05) is 13.8 Å². The minimum Gasteiger partial charge on any atom is -0.380 e. The number of aryl methyl sites for hydroxylation is 1. The molecule has 74 valence electrons. The molecule has 13 heavy (non-hydrogen) atoms. The van der Waals surface area contributed by atoms with Gasteiger partial charge in [0.15, 0.2) is 0 Å². The van der Waals surface area contributed by atoms with Crippen molar-refractivity contribution in [2.45, 2.75) is 40.3 Å². The molecule has 0 aliphatic heterocycles. The van der Waals surface area contributed by atoms with Crippen LogP contribution >= 0.6 is 0 Å². The van der Waals surface area contributed by atoms with Crippen molar-refractivity contribution in [2.75, 3.05) is 5.32 Å². The molecule has 0 aromatic carbocycles. The topological polar surface area (TPSA) is 29.9 Å². The van der Waals surface area contributed by atoms with Crippen molar-refractivity contribution in [3.8, 4) is 0 Å². The summed E-state index contributed by atoms with van der Waals surface area (Å²) in [7, 11) is 0. The second kappa shape index (κ2) is 4.30. The number of hydrogen-bond acceptors (Lipinski definition) is 2. The molecule has 1 aromatic heterocycles. The summed E-state index contributed by atoms with van der Waals surface area (Å²) in [5, 5.41) is 7.61. The van der Waals surface area contributed by atoms with Crippen LogP contribution < -0.4 is 5.32 Å². The fourth-order valence-corrected chi connectivity index (χ4v) is 1.04. The number of aromatic nitrogens is 2. The highest BCUT2D eigenvalue weighted by molar-refractivity contribution is 5.39. The third-order valence-corrected chi connectivity index (χ3v) is 2.35. The van der Waals surface area contributed by atoms with E-state index >= 15 is 0 Å². The highest BCUT2D eigenvalue weighted by atomic mass is 15.3. The average Bonchev–Trinajstić information content (AvgIpc) is 2.52. The molecule has 3 heteroatoms. The van der Waals surface area contributed by atoms with Crippen molar-refractivity contribution in [1.29, 1.82) is 0 Å². The summed E-state index contributed by atoms with van der Waals surface area (Å²) in [6.07, 6.45) is 3.92. The molecule has 0 bridgehead atoms. The Kier molecular flexibility index (Phi) is 3.34. The first kappa shape index (κ1) is 10.1. The van der Waals surface area contributed by atoms with Gasteiger partial charge in [0, 0.05) is 18.8 Å². The van der Waals surface area contributed by atoms with Crippen molar-refractivity contribution < 1.29 is 0 Å². The standard InChI is InChI=1S/C10H19N3/c1-5-13-7-10(6-11-13)12-9(4)8(2)3/h6-9,12H,5H2,1-4H3/t9-/m0/s1. The lowest BCUT2D eigenvalue weighted by atomic mass is 10.1. The molecule has 1 N–H and O–H groups in total. The largest absolute Gasteiger partial charge is 0.380 e. The zero-order valence-electron chi connectivity index (χ0n) is 8.91. The van der Waals surface area contributed by atoms with Crippen LogP contribution in [-0.4, -0.2) is 15.8 Å². The number of nitrogens with one attached hydrogen (secondary N) is 1. The third kappa shape index (κ3) is 2.76. The lowest BCUT2D eigenvalue weighted by Crippen LogP contribution is -2.21. The molecule has 1 aromatic rings. The first-order chi connectivity index (χ1) is 6.13. The van der Waals surface area contributed by atoms with Crippen LogP contribution in [0.3, 0.4) is 0 Å². The highest BCUT2D eigenvalue weighted by Gasteiger charge is 2.07. The predicted molar refractivity (Wildman–Crippen MR) is 55.8 cm³/mol. The van der Waals surface area contributed by atoms with Crippen molar-refractivity contribution in [3.63, 3.8) is 0 Å². The van der Waals surface area contributed by atoms with Crippen LogP contribution in [0, 0.1) is 5.92 Å². The van der Waals surface area contributed by atoms with Crippen molar-refractivity contribution in [3.05, 3.63) is 12.4 Å². The molecule has 1 heterocycles. The molecular formula is C10H19N3. The Labute approximate surface area is 80.1 Å². The van der Waals surface area contributed by atoms with Crippen molar-refractivity contribution in [2.24, 2.45) is 5.92 Å². The molecule has 0 aliphatic carbocycles. The summed E-state index contributed by atoms with van der Waals surface area (Å²) >= 11 is 0. The minimum absolute atomic E-state index is 0.495. The van der Waals surface area contributed by atoms with Crippen LogP contribution in [0.1, 0.15) is 27.7 Å². The van der Waals surface area contributed by atoms with Gasteiger partial charge in [0.25, 0.3) is 0 Å². The predicted octanol–water partition coefficient (Wildman–Crippen LogP) is 2.36. The van der Waals surface area contributed by atoms with Crippen molar-refractivity contribution in [1.82, 2.24) is 9.78 Å². The van der Waals surface area contributed by atoms with E-state index in [1.165, 1.54) is 0 Å². The summed E-state index contributed by atoms with van der Waals surface area (Å²) in [5.41, 5.74) is 1.11. The van der Waals surface area contributed by atoms with Crippen LogP contribution in [0.15, 0.2) is 12.4 Å². The first-order valence-corrected chi connectivity index (χ1v) is 4.92. The van der Waals surface area contributed by atoms with Gasteiger partial charge < -0.3 is 5.32 Å². The smallest absolute Gasteiger partial charge is 0.0728 e. The molecule has 0 spiro atoms. The highest BCUT2D eigenvalue weighted by Crippen LogP contribution is 2.10. The van der Waals surface area contributed by atoms with Gasteiger partial charge in [0.05, 0.1) is 11.9 Å². The summed E-state index contributed by atoms with van der Waals surface area (Å²) in [6, 6.07) is 0.495. The van der Waals surface area contributed by atoms with E-state index in [2.05, 4.69) is 38.1 Å². The number of rotatable bonds is 4. The van der Waals surface area contributed by atoms with E-state index in [1.54, 1.807) is 0 Å². The first-order valence-electron chi connectivity index (χ1n) is 4.92. The molecule has 1 rings (SSSR count). The van der Waals surface area contributed by atoms with Gasteiger partial charge in [-0.05, 0) is 19.8 Å². The van der Waals surface area contributed by atoms with Gasteiger partial charge in [-0.3, -0.25) is 4.68 Å². The lowest BCUT2D eigenvalue weighted by Gasteiger charge is -2.16. The monoisotopic (exact) mass is 181 g/mol. The van der Waals surface area contributed by atoms with E-state index in [0.717, 1.165) is 12.2 Å². The number of anilines is 1. The summed E-state index contributed by atoms with van der Waals surface area (Å²) in [6.45, 7) is 9.62. The maximum absolute atomic E-state index is 4.20. The summed E-state index contributed by atoms with van der Waals surface area (Å²) < 4.78 is 1.93.